The van der Waals surface area contributed by atoms with Gasteiger partial charge in [-0.25, -0.2) is 4.79 Å². The van der Waals surface area contributed by atoms with Gasteiger partial charge < -0.3 is 25.0 Å². The van der Waals surface area contributed by atoms with E-state index in [4.69, 9.17) is 4.74 Å². The predicted octanol–water partition coefficient (Wildman–Crippen LogP) is 2.70. The molecule has 190 valence electrons. The Kier molecular flexibility index (Phi) is 11.4. The maximum absolute atomic E-state index is 13.6. The van der Waals surface area contributed by atoms with E-state index < -0.39 is 41.6 Å². The molecule has 0 spiro atoms. The van der Waals surface area contributed by atoms with Crippen molar-refractivity contribution in [3.8, 4) is 0 Å². The van der Waals surface area contributed by atoms with E-state index in [-0.39, 0.29) is 18.8 Å². The molecule has 0 heterocycles. The summed E-state index contributed by atoms with van der Waals surface area (Å²) in [5.41, 5.74) is 1.69. The summed E-state index contributed by atoms with van der Waals surface area (Å²) in [5.74, 6) is -1.63. The summed E-state index contributed by atoms with van der Waals surface area (Å²) in [6.07, 6.45) is -0.196. The number of aryl methyl sites for hydroxylation is 2. The fraction of sp³-hybridized carbons (Fsp3) is 0.583. The van der Waals surface area contributed by atoms with E-state index in [2.05, 4.69) is 28.0 Å². The van der Waals surface area contributed by atoms with Gasteiger partial charge in [0, 0.05) is 12.3 Å². The zero-order chi connectivity index (χ0) is 26.1. The summed E-state index contributed by atoms with van der Waals surface area (Å²) in [6.45, 7) is 10.7. The first-order valence-electron chi connectivity index (χ1n) is 11.2. The molecule has 9 nitrogen and oxygen atoms in total. The van der Waals surface area contributed by atoms with Crippen LogP contribution in [0.1, 0.15) is 56.8 Å². The number of carbonyl (C=O) groups excluding carboxylic acids is 4. The van der Waals surface area contributed by atoms with Crippen LogP contribution in [0.15, 0.2) is 18.2 Å². The van der Waals surface area contributed by atoms with E-state index in [1.807, 2.05) is 32.9 Å². The average molecular weight is 496 g/mol. The van der Waals surface area contributed by atoms with E-state index in [0.717, 1.165) is 11.1 Å². The van der Waals surface area contributed by atoms with E-state index in [1.54, 1.807) is 26.8 Å². The minimum absolute atomic E-state index is 0.00166. The molecule has 2 unspecified atom stereocenters. The number of nitrogens with zero attached hydrogens (tertiary/aromatic N) is 1. The fourth-order valence-corrected chi connectivity index (χ4v) is 3.60. The quantitative estimate of drug-likeness (QED) is 0.340. The molecule has 1 rings (SSSR count). The Hall–Kier alpha value is -2.75. The van der Waals surface area contributed by atoms with Gasteiger partial charge in [-0.3, -0.25) is 14.4 Å². The van der Waals surface area contributed by atoms with Crippen molar-refractivity contribution in [2.24, 2.45) is 0 Å². The Balaban J connectivity index is 3.38. The Morgan fingerprint density at radius 3 is 2.29 bits per heavy atom. The number of benzene rings is 1. The molecule has 3 amide bonds. The third-order valence-corrected chi connectivity index (χ3v) is 5.20. The zero-order valence-corrected chi connectivity index (χ0v) is 22.0. The van der Waals surface area contributed by atoms with Crippen molar-refractivity contribution in [2.45, 2.75) is 65.6 Å². The number of amides is 3. The standard InChI is InChI=1S/C24H37N3O6S/c1-8-11-27(22(30)18(14-34)26-23(31)33-24(4,5)6)20(21(29)25-13-19(28)32-7)17-10-9-15(2)12-16(17)3/h9-10,12,18,20,34H,8,11,13-14H2,1-7H3,(H,25,29)(H,26,31). The van der Waals surface area contributed by atoms with E-state index in [1.165, 1.54) is 12.0 Å². The topological polar surface area (TPSA) is 114 Å². The molecule has 2 N–H and O–H groups in total. The van der Waals surface area contributed by atoms with Gasteiger partial charge in [0.15, 0.2) is 0 Å². The highest BCUT2D eigenvalue weighted by molar-refractivity contribution is 7.80. The molecule has 0 radical (unpaired) electrons. The third-order valence-electron chi connectivity index (χ3n) is 4.83. The summed E-state index contributed by atoms with van der Waals surface area (Å²) in [4.78, 5) is 52.2. The molecular weight excluding hydrogens is 458 g/mol. The molecule has 0 aliphatic carbocycles. The summed E-state index contributed by atoms with van der Waals surface area (Å²) in [7, 11) is 1.22. The highest BCUT2D eigenvalue weighted by Gasteiger charge is 2.36. The van der Waals surface area contributed by atoms with Crippen molar-refractivity contribution in [1.82, 2.24) is 15.5 Å². The van der Waals surface area contributed by atoms with Crippen molar-refractivity contribution in [1.29, 1.82) is 0 Å². The number of thiol groups is 1. The molecular formula is C24H37N3O6S. The molecule has 0 aromatic heterocycles. The molecule has 2 atom stereocenters. The van der Waals surface area contributed by atoms with Gasteiger partial charge in [-0.1, -0.05) is 30.7 Å². The maximum Gasteiger partial charge on any atom is 0.408 e. The summed E-state index contributed by atoms with van der Waals surface area (Å²) in [5, 5.41) is 5.11. The van der Waals surface area contributed by atoms with E-state index >= 15 is 0 Å². The molecule has 0 bridgehead atoms. The second kappa shape index (κ2) is 13.2. The molecule has 0 aliphatic rings. The molecule has 0 aliphatic heterocycles. The number of hydrogen-bond acceptors (Lipinski definition) is 7. The minimum Gasteiger partial charge on any atom is -0.468 e. The summed E-state index contributed by atoms with van der Waals surface area (Å²) < 4.78 is 9.89. The van der Waals surface area contributed by atoms with Gasteiger partial charge in [-0.2, -0.15) is 12.6 Å². The van der Waals surface area contributed by atoms with Crippen molar-refractivity contribution < 1.29 is 28.7 Å². The van der Waals surface area contributed by atoms with Gasteiger partial charge in [0.1, 0.15) is 24.2 Å². The lowest BCUT2D eigenvalue weighted by Crippen LogP contribution is -2.54. The summed E-state index contributed by atoms with van der Waals surface area (Å²) in [6, 6.07) is 3.51. The number of carbonyl (C=O) groups is 4. The lowest BCUT2D eigenvalue weighted by Gasteiger charge is -2.34. The van der Waals surface area contributed by atoms with Gasteiger partial charge >= 0.3 is 12.1 Å². The largest absolute Gasteiger partial charge is 0.468 e. The average Bonchev–Trinajstić information content (AvgIpc) is 2.74. The van der Waals surface area contributed by atoms with E-state index in [9.17, 15) is 19.2 Å². The van der Waals surface area contributed by atoms with Crippen LogP contribution in [-0.4, -0.2) is 66.4 Å². The van der Waals surface area contributed by atoms with Gasteiger partial charge in [-0.15, -0.1) is 0 Å². The third kappa shape index (κ3) is 8.89. The zero-order valence-electron chi connectivity index (χ0n) is 21.1. The number of rotatable bonds is 10. The van der Waals surface area contributed by atoms with Gasteiger partial charge in [-0.05, 0) is 52.2 Å². The number of hydrogen-bond donors (Lipinski definition) is 3. The normalized spacial score (nSPS) is 12.8. The van der Waals surface area contributed by atoms with Crippen LogP contribution in [0.5, 0.6) is 0 Å². The Morgan fingerprint density at radius 1 is 1.15 bits per heavy atom. The number of nitrogens with one attached hydrogen (secondary N) is 2. The maximum atomic E-state index is 13.6. The first-order chi connectivity index (χ1) is 15.8. The van der Waals surface area contributed by atoms with Crippen molar-refractivity contribution in [3.63, 3.8) is 0 Å². The predicted molar refractivity (Wildman–Crippen MR) is 133 cm³/mol. The van der Waals surface area contributed by atoms with Crippen LogP contribution >= 0.6 is 12.6 Å². The molecule has 0 fully saturated rings. The molecule has 34 heavy (non-hydrogen) atoms. The van der Waals surface area contributed by atoms with E-state index in [0.29, 0.717) is 12.0 Å². The number of esters is 1. The van der Waals surface area contributed by atoms with Crippen LogP contribution in [0, 0.1) is 13.8 Å². The van der Waals surface area contributed by atoms with Crippen molar-refractivity contribution in [2.75, 3.05) is 26.0 Å². The molecule has 0 saturated carbocycles. The van der Waals surface area contributed by atoms with Crippen LogP contribution in [0.2, 0.25) is 0 Å². The SMILES string of the molecule is CCCN(C(=O)C(CS)NC(=O)OC(C)(C)C)C(C(=O)NCC(=O)OC)c1ccc(C)cc1C. The van der Waals surface area contributed by atoms with Crippen LogP contribution in [0.4, 0.5) is 4.79 Å². The lowest BCUT2D eigenvalue weighted by molar-refractivity contribution is -0.144. The second-order valence-corrected chi connectivity index (χ2v) is 9.33. The smallest absolute Gasteiger partial charge is 0.408 e. The molecule has 10 heteroatoms. The molecule has 1 aromatic rings. The highest BCUT2D eigenvalue weighted by Crippen LogP contribution is 2.27. The fourth-order valence-electron chi connectivity index (χ4n) is 3.35. The summed E-state index contributed by atoms with van der Waals surface area (Å²) >= 11 is 4.25. The Morgan fingerprint density at radius 2 is 1.79 bits per heavy atom. The van der Waals surface area contributed by atoms with Crippen LogP contribution < -0.4 is 10.6 Å². The lowest BCUT2D eigenvalue weighted by atomic mass is 9.96. The number of ether oxygens (including phenoxy) is 2. The molecule has 1 aromatic carbocycles. The van der Waals surface area contributed by atoms with Crippen LogP contribution in [-0.2, 0) is 23.9 Å². The van der Waals surface area contributed by atoms with Gasteiger partial charge in [0.2, 0.25) is 11.8 Å². The van der Waals surface area contributed by atoms with Crippen LogP contribution in [0.25, 0.3) is 0 Å². The molecule has 0 saturated heterocycles. The first-order valence-corrected chi connectivity index (χ1v) is 11.8. The first kappa shape index (κ1) is 29.3. The van der Waals surface area contributed by atoms with Crippen LogP contribution in [0.3, 0.4) is 0 Å². The van der Waals surface area contributed by atoms with Crippen molar-refractivity contribution in [3.05, 3.63) is 34.9 Å². The number of methoxy groups -OCH3 is 1. The monoisotopic (exact) mass is 495 g/mol. The second-order valence-electron chi connectivity index (χ2n) is 8.97. The minimum atomic E-state index is -1.03. The number of alkyl carbamates (subject to hydrolysis) is 1. The Bertz CT molecular complexity index is 884. The Labute approximate surface area is 207 Å². The van der Waals surface area contributed by atoms with Crippen molar-refractivity contribution >= 4 is 36.5 Å². The van der Waals surface area contributed by atoms with Gasteiger partial charge in [0.25, 0.3) is 0 Å². The highest BCUT2D eigenvalue weighted by atomic mass is 32.1. The van der Waals surface area contributed by atoms with Gasteiger partial charge in [0.05, 0.1) is 7.11 Å².